The van der Waals surface area contributed by atoms with Crippen molar-refractivity contribution in [1.29, 1.82) is 0 Å². The van der Waals surface area contributed by atoms with Crippen LogP contribution in [0.15, 0.2) is 22.7 Å². The van der Waals surface area contributed by atoms with Crippen LogP contribution in [-0.2, 0) is 0 Å². The molecule has 0 saturated carbocycles. The minimum absolute atomic E-state index is 0.352. The quantitative estimate of drug-likeness (QED) is 0.840. The second-order valence-corrected chi connectivity index (χ2v) is 3.79. The summed E-state index contributed by atoms with van der Waals surface area (Å²) in [7, 11) is 0. The molecule has 1 aromatic carbocycles. The van der Waals surface area contributed by atoms with Crippen molar-refractivity contribution in [2.75, 3.05) is 0 Å². The van der Waals surface area contributed by atoms with E-state index in [0.717, 1.165) is 0 Å². The van der Waals surface area contributed by atoms with Crippen molar-refractivity contribution in [3.05, 3.63) is 34.1 Å². The Hall–Kier alpha value is -0.450. The summed E-state index contributed by atoms with van der Waals surface area (Å²) >= 11 is 3.24. The molecule has 3 N–H and O–H groups in total. The second-order valence-electron chi connectivity index (χ2n) is 2.93. The molecule has 0 amide bonds. The third kappa shape index (κ3) is 2.49. The summed E-state index contributed by atoms with van der Waals surface area (Å²) in [5.41, 5.74) is 6.24. The zero-order chi connectivity index (χ0) is 10.0. The van der Waals surface area contributed by atoms with Gasteiger partial charge in [-0.3, -0.25) is 0 Å². The van der Waals surface area contributed by atoms with Crippen molar-refractivity contribution < 1.29 is 9.50 Å². The lowest BCUT2D eigenvalue weighted by molar-refractivity contribution is 0.164. The Kier molecular flexibility index (Phi) is 3.41. The Morgan fingerprint density at radius 1 is 1.54 bits per heavy atom. The monoisotopic (exact) mass is 247 g/mol. The lowest BCUT2D eigenvalue weighted by atomic mass is 10.0. The van der Waals surface area contributed by atoms with E-state index in [1.165, 1.54) is 12.1 Å². The highest BCUT2D eigenvalue weighted by atomic mass is 79.9. The Balaban J connectivity index is 3.05. The number of hydrogen-bond donors (Lipinski definition) is 2. The van der Waals surface area contributed by atoms with Gasteiger partial charge in [0, 0.05) is 4.47 Å². The summed E-state index contributed by atoms with van der Waals surface area (Å²) in [5, 5.41) is 9.22. The zero-order valence-corrected chi connectivity index (χ0v) is 8.75. The molecule has 1 rings (SSSR count). The lowest BCUT2D eigenvalue weighted by Gasteiger charge is -2.16. The SMILES string of the molecule is CC(O)[C@H](N)c1cc(F)ccc1Br. The molecule has 0 heterocycles. The molecule has 2 atom stereocenters. The molecule has 2 nitrogen and oxygen atoms in total. The first kappa shape index (κ1) is 10.6. The first-order chi connectivity index (χ1) is 6.02. The molecule has 0 spiro atoms. The molecule has 13 heavy (non-hydrogen) atoms. The van der Waals surface area contributed by atoms with Crippen molar-refractivity contribution in [1.82, 2.24) is 0 Å². The molecule has 0 bridgehead atoms. The molecule has 0 saturated heterocycles. The number of benzene rings is 1. The summed E-state index contributed by atoms with van der Waals surface area (Å²) in [5.74, 6) is -0.352. The largest absolute Gasteiger partial charge is 0.391 e. The van der Waals surface area contributed by atoms with Crippen LogP contribution in [0.4, 0.5) is 4.39 Å². The molecule has 0 aliphatic heterocycles. The van der Waals surface area contributed by atoms with Crippen LogP contribution >= 0.6 is 15.9 Å². The number of aliphatic hydroxyl groups excluding tert-OH is 1. The number of rotatable bonds is 2. The van der Waals surface area contributed by atoms with E-state index in [1.54, 1.807) is 13.0 Å². The molecular formula is C9H11BrFNO. The first-order valence-electron chi connectivity index (χ1n) is 3.91. The van der Waals surface area contributed by atoms with Gasteiger partial charge in [-0.1, -0.05) is 15.9 Å². The highest BCUT2D eigenvalue weighted by Gasteiger charge is 2.15. The average Bonchev–Trinajstić information content (AvgIpc) is 2.08. The van der Waals surface area contributed by atoms with Gasteiger partial charge in [-0.05, 0) is 30.7 Å². The van der Waals surface area contributed by atoms with Gasteiger partial charge in [0.2, 0.25) is 0 Å². The first-order valence-corrected chi connectivity index (χ1v) is 4.70. The molecule has 0 aliphatic carbocycles. The van der Waals surface area contributed by atoms with E-state index in [9.17, 15) is 9.50 Å². The smallest absolute Gasteiger partial charge is 0.123 e. The van der Waals surface area contributed by atoms with Crippen LogP contribution in [0.5, 0.6) is 0 Å². The summed E-state index contributed by atoms with van der Waals surface area (Å²) in [6.07, 6.45) is -0.696. The molecule has 0 aliphatic rings. The van der Waals surface area contributed by atoms with Gasteiger partial charge in [0.1, 0.15) is 5.82 Å². The van der Waals surface area contributed by atoms with Crippen molar-refractivity contribution in [2.24, 2.45) is 5.73 Å². The van der Waals surface area contributed by atoms with Crippen LogP contribution in [0, 0.1) is 5.82 Å². The van der Waals surface area contributed by atoms with E-state index in [2.05, 4.69) is 15.9 Å². The average molecular weight is 248 g/mol. The van der Waals surface area contributed by atoms with Crippen molar-refractivity contribution in [2.45, 2.75) is 19.1 Å². The number of nitrogens with two attached hydrogens (primary N) is 1. The highest BCUT2D eigenvalue weighted by molar-refractivity contribution is 9.10. The Morgan fingerprint density at radius 2 is 2.15 bits per heavy atom. The predicted molar refractivity (Wildman–Crippen MR) is 52.7 cm³/mol. The molecule has 1 unspecified atom stereocenters. The fourth-order valence-corrected chi connectivity index (χ4v) is 1.54. The van der Waals surface area contributed by atoms with Gasteiger partial charge in [0.15, 0.2) is 0 Å². The topological polar surface area (TPSA) is 46.2 Å². The number of halogens is 2. The Labute approximate surface area is 84.7 Å². The molecule has 0 aromatic heterocycles. The minimum Gasteiger partial charge on any atom is -0.391 e. The highest BCUT2D eigenvalue weighted by Crippen LogP contribution is 2.24. The van der Waals surface area contributed by atoms with Crippen molar-refractivity contribution >= 4 is 15.9 Å². The standard InChI is InChI=1S/C9H11BrFNO/c1-5(13)9(12)7-4-6(11)2-3-8(7)10/h2-5,9,13H,12H2,1H3/t5?,9-/m0/s1. The van der Waals surface area contributed by atoms with Gasteiger partial charge in [0.25, 0.3) is 0 Å². The van der Waals surface area contributed by atoms with Crippen LogP contribution in [0.2, 0.25) is 0 Å². The summed E-state index contributed by atoms with van der Waals surface area (Å²) in [6.45, 7) is 1.57. The molecule has 0 fully saturated rings. The molecule has 0 radical (unpaired) electrons. The maximum Gasteiger partial charge on any atom is 0.123 e. The van der Waals surface area contributed by atoms with Gasteiger partial charge >= 0.3 is 0 Å². The maximum atomic E-state index is 12.8. The third-order valence-electron chi connectivity index (χ3n) is 1.84. The summed E-state index contributed by atoms with van der Waals surface area (Å²) in [6, 6.07) is 3.67. The van der Waals surface area contributed by atoms with Crippen molar-refractivity contribution in [3.63, 3.8) is 0 Å². The number of hydrogen-bond acceptors (Lipinski definition) is 2. The van der Waals surface area contributed by atoms with Gasteiger partial charge < -0.3 is 10.8 Å². The van der Waals surface area contributed by atoms with Crippen LogP contribution in [-0.4, -0.2) is 11.2 Å². The van der Waals surface area contributed by atoms with E-state index in [4.69, 9.17) is 5.73 Å². The normalized spacial score (nSPS) is 15.5. The second kappa shape index (κ2) is 4.17. The molecule has 1 aromatic rings. The third-order valence-corrected chi connectivity index (χ3v) is 2.56. The van der Waals surface area contributed by atoms with E-state index in [0.29, 0.717) is 10.0 Å². The van der Waals surface area contributed by atoms with E-state index < -0.39 is 12.1 Å². The van der Waals surface area contributed by atoms with Crippen LogP contribution in [0.3, 0.4) is 0 Å². The van der Waals surface area contributed by atoms with Crippen molar-refractivity contribution in [3.8, 4) is 0 Å². The van der Waals surface area contributed by atoms with Crippen LogP contribution in [0.1, 0.15) is 18.5 Å². The Bertz CT molecular complexity index is 304. The van der Waals surface area contributed by atoms with E-state index >= 15 is 0 Å². The molecule has 72 valence electrons. The fraction of sp³-hybridized carbons (Fsp3) is 0.333. The molecule has 4 heteroatoms. The number of aliphatic hydroxyl groups is 1. The van der Waals surface area contributed by atoms with Gasteiger partial charge in [0.05, 0.1) is 12.1 Å². The fourth-order valence-electron chi connectivity index (χ4n) is 1.03. The summed E-state index contributed by atoms with van der Waals surface area (Å²) < 4.78 is 13.5. The maximum absolute atomic E-state index is 12.8. The van der Waals surface area contributed by atoms with E-state index in [1.807, 2.05) is 0 Å². The predicted octanol–water partition coefficient (Wildman–Crippen LogP) is 1.97. The van der Waals surface area contributed by atoms with Crippen LogP contribution < -0.4 is 5.73 Å². The van der Waals surface area contributed by atoms with E-state index in [-0.39, 0.29) is 5.82 Å². The minimum atomic E-state index is -0.696. The summed E-state index contributed by atoms with van der Waals surface area (Å²) in [4.78, 5) is 0. The van der Waals surface area contributed by atoms with Crippen LogP contribution in [0.25, 0.3) is 0 Å². The van der Waals surface area contributed by atoms with Gasteiger partial charge in [-0.15, -0.1) is 0 Å². The lowest BCUT2D eigenvalue weighted by Crippen LogP contribution is -2.23. The van der Waals surface area contributed by atoms with Gasteiger partial charge in [-0.25, -0.2) is 4.39 Å². The van der Waals surface area contributed by atoms with Gasteiger partial charge in [-0.2, -0.15) is 0 Å². The molecular weight excluding hydrogens is 237 g/mol. The zero-order valence-electron chi connectivity index (χ0n) is 7.17. The Morgan fingerprint density at radius 3 is 2.69 bits per heavy atom.